The van der Waals surface area contributed by atoms with E-state index in [1.54, 1.807) is 24.3 Å². The van der Waals surface area contributed by atoms with Gasteiger partial charge in [0, 0.05) is 10.9 Å². The largest absolute Gasteiger partial charge is 0.494 e. The van der Waals surface area contributed by atoms with Crippen LogP contribution in [-0.2, 0) is 4.79 Å². The summed E-state index contributed by atoms with van der Waals surface area (Å²) in [7, 11) is 0. The molecule has 146 valence electrons. The van der Waals surface area contributed by atoms with Crippen LogP contribution in [0.4, 0.5) is 10.3 Å². The zero-order valence-electron chi connectivity index (χ0n) is 15.1. The van der Waals surface area contributed by atoms with E-state index in [9.17, 15) is 9.59 Å². The predicted molar refractivity (Wildman–Crippen MR) is 112 cm³/mol. The van der Waals surface area contributed by atoms with Crippen molar-refractivity contribution in [1.82, 2.24) is 15.2 Å². The Balaban J connectivity index is 1.49. The molecule has 0 aliphatic carbocycles. The SMILES string of the molecule is CCOc1ccc(C(=O)Nc2nnc(SCC(=O)Nc3nc(C)cs3)s2)cc1. The third-order valence-electron chi connectivity index (χ3n) is 3.25. The number of carbonyl (C=O) groups is 2. The molecule has 2 heterocycles. The van der Waals surface area contributed by atoms with Gasteiger partial charge in [-0.15, -0.1) is 21.5 Å². The maximum Gasteiger partial charge on any atom is 0.257 e. The standard InChI is InChI=1S/C17H17N5O3S3/c1-3-25-12-6-4-11(5-7-12)14(24)20-16-21-22-17(28-16)27-9-13(23)19-15-18-10(2)8-26-15/h4-8H,3,9H2,1-2H3,(H,18,19,23)(H,20,21,24). The van der Waals surface area contributed by atoms with E-state index in [1.165, 1.54) is 34.4 Å². The first-order valence-electron chi connectivity index (χ1n) is 8.26. The van der Waals surface area contributed by atoms with Crippen molar-refractivity contribution in [1.29, 1.82) is 0 Å². The molecule has 0 bridgehead atoms. The number of aromatic nitrogens is 3. The van der Waals surface area contributed by atoms with Crippen LogP contribution in [0.2, 0.25) is 0 Å². The van der Waals surface area contributed by atoms with Crippen molar-refractivity contribution < 1.29 is 14.3 Å². The number of ether oxygens (including phenoxy) is 1. The number of nitrogens with zero attached hydrogens (tertiary/aromatic N) is 3. The van der Waals surface area contributed by atoms with Crippen molar-refractivity contribution in [3.8, 4) is 5.75 Å². The molecular weight excluding hydrogens is 418 g/mol. The van der Waals surface area contributed by atoms with Crippen molar-refractivity contribution in [2.24, 2.45) is 0 Å². The van der Waals surface area contributed by atoms with E-state index in [-0.39, 0.29) is 17.6 Å². The highest BCUT2D eigenvalue weighted by molar-refractivity contribution is 8.01. The predicted octanol–water partition coefficient (Wildman–Crippen LogP) is 3.68. The van der Waals surface area contributed by atoms with Crippen molar-refractivity contribution in [3.63, 3.8) is 0 Å². The Hall–Kier alpha value is -2.50. The summed E-state index contributed by atoms with van der Waals surface area (Å²) < 4.78 is 5.95. The number of thiazole rings is 1. The van der Waals surface area contributed by atoms with E-state index in [4.69, 9.17) is 4.74 Å². The van der Waals surface area contributed by atoms with Gasteiger partial charge in [0.25, 0.3) is 5.91 Å². The Morgan fingerprint density at radius 2 is 1.93 bits per heavy atom. The number of amides is 2. The van der Waals surface area contributed by atoms with Gasteiger partial charge in [0.2, 0.25) is 11.0 Å². The number of anilines is 2. The van der Waals surface area contributed by atoms with Crippen molar-refractivity contribution in [3.05, 3.63) is 40.9 Å². The third kappa shape index (κ3) is 5.75. The molecule has 0 aliphatic rings. The zero-order valence-corrected chi connectivity index (χ0v) is 17.5. The number of hydrogen-bond donors (Lipinski definition) is 2. The molecule has 11 heteroatoms. The molecule has 0 radical (unpaired) electrons. The second-order valence-electron chi connectivity index (χ2n) is 5.42. The summed E-state index contributed by atoms with van der Waals surface area (Å²) in [5, 5.41) is 16.2. The van der Waals surface area contributed by atoms with Gasteiger partial charge in [0.05, 0.1) is 18.1 Å². The Labute approximate surface area is 173 Å². The smallest absolute Gasteiger partial charge is 0.257 e. The highest BCUT2D eigenvalue weighted by atomic mass is 32.2. The van der Waals surface area contributed by atoms with E-state index in [0.29, 0.717) is 32.5 Å². The lowest BCUT2D eigenvalue weighted by molar-refractivity contribution is -0.113. The number of aryl methyl sites for hydroxylation is 1. The number of carbonyl (C=O) groups excluding carboxylic acids is 2. The number of hydrogen-bond acceptors (Lipinski definition) is 9. The third-order valence-corrected chi connectivity index (χ3v) is 6.09. The first-order chi connectivity index (χ1) is 13.5. The fourth-order valence-corrected chi connectivity index (χ4v) is 4.30. The monoisotopic (exact) mass is 435 g/mol. The molecule has 0 saturated carbocycles. The van der Waals surface area contributed by atoms with Gasteiger partial charge in [-0.25, -0.2) is 4.98 Å². The van der Waals surface area contributed by atoms with Crippen LogP contribution >= 0.6 is 34.4 Å². The van der Waals surface area contributed by atoms with E-state index < -0.39 is 0 Å². The molecule has 2 amide bonds. The van der Waals surface area contributed by atoms with Gasteiger partial charge >= 0.3 is 0 Å². The van der Waals surface area contributed by atoms with Crippen LogP contribution in [0.3, 0.4) is 0 Å². The molecule has 8 nitrogen and oxygen atoms in total. The summed E-state index contributed by atoms with van der Waals surface area (Å²) in [6.45, 7) is 4.33. The van der Waals surface area contributed by atoms with Crippen molar-refractivity contribution in [2.45, 2.75) is 18.2 Å². The van der Waals surface area contributed by atoms with Crippen LogP contribution in [-0.4, -0.2) is 39.4 Å². The highest BCUT2D eigenvalue weighted by Crippen LogP contribution is 2.26. The second kappa shape index (κ2) is 9.62. The first kappa shape index (κ1) is 20.2. The molecule has 2 N–H and O–H groups in total. The first-order valence-corrected chi connectivity index (χ1v) is 10.9. The molecule has 28 heavy (non-hydrogen) atoms. The molecule has 0 unspecified atom stereocenters. The summed E-state index contributed by atoms with van der Waals surface area (Å²) in [6.07, 6.45) is 0. The van der Waals surface area contributed by atoms with Crippen LogP contribution in [0.25, 0.3) is 0 Å². The highest BCUT2D eigenvalue weighted by Gasteiger charge is 2.13. The number of benzene rings is 1. The Morgan fingerprint density at radius 3 is 2.61 bits per heavy atom. The van der Waals surface area contributed by atoms with Gasteiger partial charge in [-0.1, -0.05) is 23.1 Å². The van der Waals surface area contributed by atoms with Gasteiger partial charge in [-0.2, -0.15) is 0 Å². The lowest BCUT2D eigenvalue weighted by Crippen LogP contribution is -2.13. The quantitative estimate of drug-likeness (QED) is 0.410. The van der Waals surface area contributed by atoms with Crippen LogP contribution in [0, 0.1) is 6.92 Å². The Morgan fingerprint density at radius 1 is 1.14 bits per heavy atom. The molecule has 0 spiro atoms. The molecule has 0 aliphatic heterocycles. The second-order valence-corrected chi connectivity index (χ2v) is 8.47. The molecule has 0 saturated heterocycles. The average Bonchev–Trinajstić information content (AvgIpc) is 3.29. The molecule has 0 atom stereocenters. The van der Waals surface area contributed by atoms with E-state index in [2.05, 4.69) is 25.8 Å². The van der Waals surface area contributed by atoms with Crippen LogP contribution in [0.5, 0.6) is 5.75 Å². The van der Waals surface area contributed by atoms with Crippen molar-refractivity contribution >= 4 is 56.5 Å². The van der Waals surface area contributed by atoms with Crippen LogP contribution in [0.15, 0.2) is 34.0 Å². The summed E-state index contributed by atoms with van der Waals surface area (Å²) in [5.74, 6) is 0.432. The number of nitrogens with one attached hydrogen (secondary N) is 2. The summed E-state index contributed by atoms with van der Waals surface area (Å²) in [5.41, 5.74) is 1.36. The van der Waals surface area contributed by atoms with Crippen LogP contribution < -0.4 is 15.4 Å². The lowest BCUT2D eigenvalue weighted by atomic mass is 10.2. The minimum absolute atomic E-state index is 0.172. The van der Waals surface area contributed by atoms with Gasteiger partial charge in [0.1, 0.15) is 5.75 Å². The van der Waals surface area contributed by atoms with Gasteiger partial charge in [-0.05, 0) is 38.1 Å². The zero-order chi connectivity index (χ0) is 19.9. The van der Waals surface area contributed by atoms with Crippen molar-refractivity contribution in [2.75, 3.05) is 23.0 Å². The maximum absolute atomic E-state index is 12.3. The van der Waals surface area contributed by atoms with E-state index in [1.807, 2.05) is 19.2 Å². The molecule has 2 aromatic heterocycles. The minimum Gasteiger partial charge on any atom is -0.494 e. The lowest BCUT2D eigenvalue weighted by Gasteiger charge is -2.04. The fourth-order valence-electron chi connectivity index (χ4n) is 2.05. The van der Waals surface area contributed by atoms with E-state index >= 15 is 0 Å². The topological polar surface area (TPSA) is 106 Å². The van der Waals surface area contributed by atoms with Gasteiger partial charge in [0.15, 0.2) is 9.47 Å². The Bertz CT molecular complexity index is 955. The maximum atomic E-state index is 12.3. The van der Waals surface area contributed by atoms with Gasteiger partial charge in [-0.3, -0.25) is 14.9 Å². The molecular formula is C17H17N5O3S3. The molecule has 0 fully saturated rings. The fraction of sp³-hybridized carbons (Fsp3) is 0.235. The molecule has 1 aromatic carbocycles. The van der Waals surface area contributed by atoms with Crippen LogP contribution in [0.1, 0.15) is 23.0 Å². The Kier molecular flexibility index (Phi) is 6.95. The summed E-state index contributed by atoms with van der Waals surface area (Å²) in [4.78, 5) is 28.4. The van der Waals surface area contributed by atoms with E-state index in [0.717, 1.165) is 5.69 Å². The number of rotatable bonds is 8. The summed E-state index contributed by atoms with van der Waals surface area (Å²) >= 11 is 3.84. The average molecular weight is 436 g/mol. The van der Waals surface area contributed by atoms with Gasteiger partial charge < -0.3 is 10.1 Å². The minimum atomic E-state index is -0.285. The molecule has 3 aromatic rings. The molecule has 3 rings (SSSR count). The summed E-state index contributed by atoms with van der Waals surface area (Å²) in [6, 6.07) is 6.84. The normalized spacial score (nSPS) is 10.5. The number of thioether (sulfide) groups is 1.